The number of pyridine rings is 1. The van der Waals surface area contributed by atoms with E-state index in [1.54, 1.807) is 0 Å². The second kappa shape index (κ2) is 9.85. The van der Waals surface area contributed by atoms with Gasteiger partial charge in [0.1, 0.15) is 17.3 Å². The zero-order chi connectivity index (χ0) is 29.7. The molecule has 1 aliphatic rings. The summed E-state index contributed by atoms with van der Waals surface area (Å²) < 4.78 is 110. The van der Waals surface area contributed by atoms with Crippen molar-refractivity contribution < 1.29 is 49.4 Å². The summed E-state index contributed by atoms with van der Waals surface area (Å²) in [5.41, 5.74) is -3.63. The Bertz CT molecular complexity index is 1560. The van der Waals surface area contributed by atoms with E-state index in [-0.39, 0.29) is 28.3 Å². The van der Waals surface area contributed by atoms with Crippen LogP contribution in [-0.2, 0) is 33.1 Å². The van der Waals surface area contributed by atoms with Crippen LogP contribution in [0.15, 0.2) is 59.5 Å². The lowest BCUT2D eigenvalue weighted by Crippen LogP contribution is -2.40. The van der Waals surface area contributed by atoms with Crippen LogP contribution in [0.1, 0.15) is 23.7 Å². The monoisotopic (exact) mass is 590 g/mol. The number of nitrogens with zero attached hydrogens (tertiary/aromatic N) is 2. The molecule has 2 aromatic carbocycles. The summed E-state index contributed by atoms with van der Waals surface area (Å²) in [5, 5.41) is 15.8. The lowest BCUT2D eigenvalue weighted by Gasteiger charge is -2.27. The number of rotatable bonds is 5. The Morgan fingerprint density at radius 2 is 1.70 bits per heavy atom. The van der Waals surface area contributed by atoms with Crippen LogP contribution in [0.4, 0.5) is 43.5 Å². The molecule has 0 saturated heterocycles. The van der Waals surface area contributed by atoms with E-state index < -0.39 is 57.0 Å². The van der Waals surface area contributed by atoms with E-state index in [0.29, 0.717) is 6.07 Å². The normalized spacial score (nSPS) is 15.2. The molecular weight excluding hydrogens is 570 g/mol. The Hall–Kier alpha value is -4.05. The van der Waals surface area contributed by atoms with E-state index in [9.17, 15) is 44.7 Å². The van der Waals surface area contributed by atoms with Gasteiger partial charge >= 0.3 is 12.5 Å². The maximum atomic E-state index is 13.8. The Morgan fingerprint density at radius 1 is 1.05 bits per heavy atom. The molecule has 40 heavy (non-hydrogen) atoms. The SMILES string of the molecule is CNC(=O)C(C)(O)c1ccc2c(c1)N(S(=O)(=O)c1ccc(OC(F)(F)F)cc1)Cc1ccc(C(F)(F)F)nc1N2. The van der Waals surface area contributed by atoms with Crippen LogP contribution in [0.25, 0.3) is 0 Å². The van der Waals surface area contributed by atoms with Crippen molar-refractivity contribution in [2.24, 2.45) is 0 Å². The van der Waals surface area contributed by atoms with E-state index in [1.165, 1.54) is 19.2 Å². The second-order valence-corrected chi connectivity index (χ2v) is 10.6. The number of fused-ring (bicyclic) bond motifs is 2. The van der Waals surface area contributed by atoms with Crippen LogP contribution < -0.4 is 19.7 Å². The van der Waals surface area contributed by atoms with Gasteiger partial charge in [-0.05, 0) is 55.0 Å². The van der Waals surface area contributed by atoms with Crippen LogP contribution in [0.3, 0.4) is 0 Å². The molecule has 0 aliphatic carbocycles. The number of alkyl halides is 6. The number of benzene rings is 2. The first-order valence-corrected chi connectivity index (χ1v) is 12.7. The van der Waals surface area contributed by atoms with Gasteiger partial charge in [-0.2, -0.15) is 13.2 Å². The van der Waals surface area contributed by atoms with Gasteiger partial charge in [-0.3, -0.25) is 9.10 Å². The highest BCUT2D eigenvalue weighted by atomic mass is 32.2. The summed E-state index contributed by atoms with van der Waals surface area (Å²) in [6.07, 6.45) is -9.81. The molecule has 3 aromatic rings. The molecule has 1 aromatic heterocycles. The van der Waals surface area contributed by atoms with Crippen molar-refractivity contribution in [3.05, 3.63) is 71.4 Å². The van der Waals surface area contributed by atoms with Crippen molar-refractivity contribution >= 4 is 33.1 Å². The Balaban J connectivity index is 1.88. The topological polar surface area (TPSA) is 121 Å². The Kier molecular flexibility index (Phi) is 7.13. The maximum Gasteiger partial charge on any atom is 0.573 e. The number of halogens is 6. The zero-order valence-electron chi connectivity index (χ0n) is 20.6. The van der Waals surface area contributed by atoms with E-state index >= 15 is 0 Å². The maximum absolute atomic E-state index is 13.8. The number of anilines is 3. The molecule has 9 nitrogen and oxygen atoms in total. The standard InChI is InChI=1S/C24H20F6N4O5S/c1-22(36,21(35)31-2)14-4-9-17-18(11-14)34(12-13-3-10-19(23(25,26)27)33-20(13)32-17)40(37,38)16-7-5-15(6-8-16)39-24(28,29)30/h3-11,36H,12H2,1-2H3,(H,31,35)(H,32,33). The lowest BCUT2D eigenvalue weighted by atomic mass is 9.94. The number of likely N-dealkylation sites (N-methyl/N-ethyl adjacent to an activating group) is 1. The predicted molar refractivity (Wildman–Crippen MR) is 129 cm³/mol. The van der Waals surface area contributed by atoms with Gasteiger partial charge in [0.05, 0.1) is 22.8 Å². The number of nitrogens with one attached hydrogen (secondary N) is 2. The first-order valence-electron chi connectivity index (χ1n) is 11.3. The average Bonchev–Trinajstić information content (AvgIpc) is 3.03. The quantitative estimate of drug-likeness (QED) is 0.377. The minimum atomic E-state index is -5.01. The van der Waals surface area contributed by atoms with Crippen molar-refractivity contribution in [1.82, 2.24) is 10.3 Å². The number of hydrogen-bond acceptors (Lipinski definition) is 7. The van der Waals surface area contributed by atoms with Gasteiger partial charge in [0.15, 0.2) is 5.60 Å². The van der Waals surface area contributed by atoms with Crippen LogP contribution >= 0.6 is 0 Å². The summed E-state index contributed by atoms with van der Waals surface area (Å²) in [7, 11) is -3.34. The predicted octanol–water partition coefficient (Wildman–Crippen LogP) is 4.41. The summed E-state index contributed by atoms with van der Waals surface area (Å²) in [5.74, 6) is -1.81. The molecule has 0 fully saturated rings. The fraction of sp³-hybridized carbons (Fsp3) is 0.250. The van der Waals surface area contributed by atoms with Crippen molar-refractivity contribution in [3.8, 4) is 5.75 Å². The zero-order valence-corrected chi connectivity index (χ0v) is 21.4. The van der Waals surface area contributed by atoms with E-state index in [4.69, 9.17) is 0 Å². The first-order chi connectivity index (χ1) is 18.4. The number of carbonyl (C=O) groups excluding carboxylic acids is 1. The van der Waals surface area contributed by atoms with Crippen LogP contribution in [-0.4, -0.2) is 37.8 Å². The molecule has 1 atom stereocenters. The van der Waals surface area contributed by atoms with E-state index in [0.717, 1.165) is 47.6 Å². The third kappa shape index (κ3) is 5.62. The molecule has 3 N–H and O–H groups in total. The van der Waals surface area contributed by atoms with Gasteiger partial charge < -0.3 is 20.5 Å². The van der Waals surface area contributed by atoms with Crippen molar-refractivity contribution in [2.45, 2.75) is 36.5 Å². The smallest absolute Gasteiger partial charge is 0.406 e. The molecule has 0 bridgehead atoms. The van der Waals surface area contributed by atoms with Gasteiger partial charge in [-0.1, -0.05) is 12.1 Å². The van der Waals surface area contributed by atoms with Gasteiger partial charge in [0, 0.05) is 12.6 Å². The molecule has 4 rings (SSSR count). The molecule has 0 saturated carbocycles. The molecular formula is C24H20F6N4O5S. The molecule has 214 valence electrons. The number of carbonyl (C=O) groups is 1. The molecule has 2 heterocycles. The number of aliphatic hydroxyl groups is 1. The minimum absolute atomic E-state index is 0.0319. The number of ether oxygens (including phenoxy) is 1. The molecule has 1 amide bonds. The highest BCUT2D eigenvalue weighted by Crippen LogP contribution is 2.41. The molecule has 0 spiro atoms. The average molecular weight is 591 g/mol. The third-order valence-corrected chi connectivity index (χ3v) is 7.75. The van der Waals surface area contributed by atoms with Gasteiger partial charge in [0.25, 0.3) is 15.9 Å². The summed E-state index contributed by atoms with van der Waals surface area (Å²) in [4.78, 5) is 15.4. The minimum Gasteiger partial charge on any atom is -0.406 e. The lowest BCUT2D eigenvalue weighted by molar-refractivity contribution is -0.274. The van der Waals surface area contributed by atoms with Crippen LogP contribution in [0.2, 0.25) is 0 Å². The van der Waals surface area contributed by atoms with E-state index in [1.807, 2.05) is 0 Å². The largest absolute Gasteiger partial charge is 0.573 e. The van der Waals surface area contributed by atoms with Crippen LogP contribution in [0, 0.1) is 0 Å². The highest BCUT2D eigenvalue weighted by molar-refractivity contribution is 7.92. The Labute approximate surface area is 223 Å². The van der Waals surface area contributed by atoms with E-state index in [2.05, 4.69) is 20.4 Å². The molecule has 16 heteroatoms. The summed E-state index contributed by atoms with van der Waals surface area (Å²) >= 11 is 0. The molecule has 0 radical (unpaired) electrons. The third-order valence-electron chi connectivity index (χ3n) is 5.98. The second-order valence-electron chi connectivity index (χ2n) is 8.74. The number of amides is 1. The van der Waals surface area contributed by atoms with Gasteiger partial charge in [-0.25, -0.2) is 13.4 Å². The number of aromatic nitrogens is 1. The molecule has 1 unspecified atom stereocenters. The molecule has 1 aliphatic heterocycles. The van der Waals surface area contributed by atoms with Crippen LogP contribution in [0.5, 0.6) is 5.75 Å². The summed E-state index contributed by atoms with van der Waals surface area (Å²) in [6.45, 7) is 0.594. The highest BCUT2D eigenvalue weighted by Gasteiger charge is 2.38. The number of hydrogen-bond donors (Lipinski definition) is 3. The Morgan fingerprint density at radius 3 is 2.27 bits per heavy atom. The summed E-state index contributed by atoms with van der Waals surface area (Å²) in [6, 6.07) is 8.70. The fourth-order valence-corrected chi connectivity index (χ4v) is 5.38. The van der Waals surface area contributed by atoms with Crippen molar-refractivity contribution in [2.75, 3.05) is 16.7 Å². The van der Waals surface area contributed by atoms with Gasteiger partial charge in [0.2, 0.25) is 0 Å². The van der Waals surface area contributed by atoms with Crippen molar-refractivity contribution in [3.63, 3.8) is 0 Å². The van der Waals surface area contributed by atoms with Crippen molar-refractivity contribution in [1.29, 1.82) is 0 Å². The van der Waals surface area contributed by atoms with Gasteiger partial charge in [-0.15, -0.1) is 13.2 Å². The first kappa shape index (κ1) is 28.9. The number of sulfonamides is 1. The fourth-order valence-electron chi connectivity index (χ4n) is 3.93.